The molecule has 0 atom stereocenters. The van der Waals surface area contributed by atoms with Crippen LogP contribution in [0.15, 0.2) is 36.4 Å². The molecule has 17 heavy (non-hydrogen) atoms. The van der Waals surface area contributed by atoms with Gasteiger partial charge in [-0.2, -0.15) is 0 Å². The van der Waals surface area contributed by atoms with Crippen molar-refractivity contribution in [2.45, 2.75) is 5.88 Å². The number of rotatable bonds is 3. The van der Waals surface area contributed by atoms with E-state index in [2.05, 4.69) is 9.97 Å². The predicted molar refractivity (Wildman–Crippen MR) is 64.0 cm³/mol. The van der Waals surface area contributed by atoms with E-state index in [1.807, 2.05) is 30.3 Å². The fraction of sp³-hybridized carbons (Fsp3) is 0.0833. The van der Waals surface area contributed by atoms with Crippen LogP contribution in [0.2, 0.25) is 0 Å². The van der Waals surface area contributed by atoms with E-state index in [0.29, 0.717) is 11.5 Å². The van der Waals surface area contributed by atoms with E-state index in [0.717, 1.165) is 5.56 Å². The number of aromatic nitrogens is 2. The second kappa shape index (κ2) is 4.93. The van der Waals surface area contributed by atoms with Gasteiger partial charge in [0.25, 0.3) is 0 Å². The molecule has 1 heterocycles. The summed E-state index contributed by atoms with van der Waals surface area (Å²) in [6, 6.07) is 10.6. The molecule has 1 aromatic heterocycles. The molecule has 0 saturated heterocycles. The molecule has 0 radical (unpaired) electrons. The zero-order chi connectivity index (χ0) is 12.3. The monoisotopic (exact) mass is 248 g/mol. The molecule has 0 aliphatic heterocycles. The van der Waals surface area contributed by atoms with E-state index in [9.17, 15) is 4.79 Å². The fourth-order valence-corrected chi connectivity index (χ4v) is 1.53. The molecule has 1 aromatic carbocycles. The molecule has 0 aliphatic rings. The van der Waals surface area contributed by atoms with Crippen LogP contribution >= 0.6 is 11.6 Å². The van der Waals surface area contributed by atoms with Crippen molar-refractivity contribution >= 4 is 17.6 Å². The van der Waals surface area contributed by atoms with Gasteiger partial charge in [0.15, 0.2) is 11.5 Å². The second-order valence-corrected chi connectivity index (χ2v) is 3.64. The lowest BCUT2D eigenvalue weighted by atomic mass is 10.2. The van der Waals surface area contributed by atoms with Gasteiger partial charge in [0, 0.05) is 5.56 Å². The smallest absolute Gasteiger partial charge is 0.354 e. The van der Waals surface area contributed by atoms with Crippen molar-refractivity contribution in [3.63, 3.8) is 0 Å². The molecule has 0 saturated carbocycles. The van der Waals surface area contributed by atoms with Gasteiger partial charge < -0.3 is 5.11 Å². The number of hydrogen-bond donors (Lipinski definition) is 1. The van der Waals surface area contributed by atoms with Crippen LogP contribution in [0.25, 0.3) is 11.4 Å². The van der Waals surface area contributed by atoms with Gasteiger partial charge in [-0.25, -0.2) is 14.8 Å². The number of carbonyl (C=O) groups is 1. The molecule has 0 amide bonds. The predicted octanol–water partition coefficient (Wildman–Crippen LogP) is 2.58. The SMILES string of the molecule is O=C(O)c1cc(CCl)nc(-c2ccccc2)n1. The molecular formula is C12H9ClN2O2. The third-order valence-corrected chi connectivity index (χ3v) is 2.44. The Morgan fingerprint density at radius 2 is 1.94 bits per heavy atom. The molecular weight excluding hydrogens is 240 g/mol. The summed E-state index contributed by atoms with van der Waals surface area (Å²) in [6.45, 7) is 0. The Morgan fingerprint density at radius 1 is 1.24 bits per heavy atom. The second-order valence-electron chi connectivity index (χ2n) is 3.37. The summed E-state index contributed by atoms with van der Waals surface area (Å²) in [6.07, 6.45) is 0. The standard InChI is InChI=1S/C12H9ClN2O2/c13-7-9-6-10(12(16)17)15-11(14-9)8-4-2-1-3-5-8/h1-6H,7H2,(H,16,17). The summed E-state index contributed by atoms with van der Waals surface area (Å²) in [5.41, 5.74) is 1.22. The molecule has 5 heteroatoms. The highest BCUT2D eigenvalue weighted by Gasteiger charge is 2.10. The first-order valence-electron chi connectivity index (χ1n) is 4.93. The summed E-state index contributed by atoms with van der Waals surface area (Å²) < 4.78 is 0. The van der Waals surface area contributed by atoms with Crippen molar-refractivity contribution in [3.8, 4) is 11.4 Å². The number of halogens is 1. The van der Waals surface area contributed by atoms with Crippen LogP contribution < -0.4 is 0 Å². The van der Waals surface area contributed by atoms with Gasteiger partial charge >= 0.3 is 5.97 Å². The summed E-state index contributed by atoms with van der Waals surface area (Å²) in [7, 11) is 0. The topological polar surface area (TPSA) is 63.1 Å². The first-order chi connectivity index (χ1) is 8.20. The summed E-state index contributed by atoms with van der Waals surface area (Å²) in [5.74, 6) is -0.556. The van der Waals surface area contributed by atoms with Crippen LogP contribution in [0.5, 0.6) is 0 Å². The van der Waals surface area contributed by atoms with Crippen molar-refractivity contribution in [3.05, 3.63) is 47.8 Å². The number of hydrogen-bond acceptors (Lipinski definition) is 3. The van der Waals surface area contributed by atoms with E-state index < -0.39 is 5.97 Å². The van der Waals surface area contributed by atoms with E-state index in [4.69, 9.17) is 16.7 Å². The molecule has 86 valence electrons. The first kappa shape index (κ1) is 11.5. The van der Waals surface area contributed by atoms with E-state index in [-0.39, 0.29) is 11.6 Å². The Labute approximate surface area is 103 Å². The molecule has 2 rings (SSSR count). The molecule has 4 nitrogen and oxygen atoms in total. The molecule has 2 aromatic rings. The Hall–Kier alpha value is -1.94. The number of alkyl halides is 1. The quantitative estimate of drug-likeness (QED) is 0.848. The third kappa shape index (κ3) is 2.60. The van der Waals surface area contributed by atoms with Crippen LogP contribution in [0.3, 0.4) is 0 Å². The van der Waals surface area contributed by atoms with E-state index in [1.54, 1.807) is 0 Å². The maximum absolute atomic E-state index is 10.9. The van der Waals surface area contributed by atoms with Crippen LogP contribution in [0, 0.1) is 0 Å². The van der Waals surface area contributed by atoms with Gasteiger partial charge in [0.2, 0.25) is 0 Å². The van der Waals surface area contributed by atoms with Crippen LogP contribution in [0.1, 0.15) is 16.2 Å². The Kier molecular flexibility index (Phi) is 3.35. The van der Waals surface area contributed by atoms with Crippen LogP contribution in [0.4, 0.5) is 0 Å². The molecule has 0 aliphatic carbocycles. The zero-order valence-electron chi connectivity index (χ0n) is 8.80. The van der Waals surface area contributed by atoms with Crippen molar-refractivity contribution in [1.29, 1.82) is 0 Å². The number of carboxylic acid groups (broad SMARTS) is 1. The highest BCUT2D eigenvalue weighted by atomic mass is 35.5. The normalized spacial score (nSPS) is 10.2. The summed E-state index contributed by atoms with van der Waals surface area (Å²) in [5, 5.41) is 8.94. The molecule has 0 fully saturated rings. The fourth-order valence-electron chi connectivity index (χ4n) is 1.39. The highest BCUT2D eigenvalue weighted by Crippen LogP contribution is 2.16. The molecule has 0 spiro atoms. The van der Waals surface area contributed by atoms with Crippen LogP contribution in [-0.4, -0.2) is 21.0 Å². The Balaban J connectivity index is 2.54. The molecule has 1 N–H and O–H groups in total. The minimum atomic E-state index is -1.09. The largest absolute Gasteiger partial charge is 0.477 e. The van der Waals surface area contributed by atoms with Crippen molar-refractivity contribution in [2.75, 3.05) is 0 Å². The lowest BCUT2D eigenvalue weighted by Crippen LogP contribution is -2.05. The molecule has 0 unspecified atom stereocenters. The Bertz CT molecular complexity index is 543. The number of nitrogens with zero attached hydrogens (tertiary/aromatic N) is 2. The number of benzene rings is 1. The van der Waals surface area contributed by atoms with Gasteiger partial charge in [0.05, 0.1) is 11.6 Å². The van der Waals surface area contributed by atoms with Crippen molar-refractivity contribution in [2.24, 2.45) is 0 Å². The third-order valence-electron chi connectivity index (χ3n) is 2.17. The average Bonchev–Trinajstić information content (AvgIpc) is 2.39. The maximum Gasteiger partial charge on any atom is 0.354 e. The van der Waals surface area contributed by atoms with E-state index in [1.165, 1.54) is 6.07 Å². The minimum absolute atomic E-state index is 0.0468. The summed E-state index contributed by atoms with van der Waals surface area (Å²) in [4.78, 5) is 19.1. The van der Waals surface area contributed by atoms with Crippen molar-refractivity contribution in [1.82, 2.24) is 9.97 Å². The van der Waals surface area contributed by atoms with Gasteiger partial charge in [-0.3, -0.25) is 0 Å². The number of carboxylic acids is 1. The highest BCUT2D eigenvalue weighted by molar-refractivity contribution is 6.16. The lowest BCUT2D eigenvalue weighted by Gasteiger charge is -2.03. The average molecular weight is 249 g/mol. The Morgan fingerprint density at radius 3 is 2.53 bits per heavy atom. The van der Waals surface area contributed by atoms with Gasteiger partial charge in [-0.1, -0.05) is 30.3 Å². The lowest BCUT2D eigenvalue weighted by molar-refractivity contribution is 0.0690. The summed E-state index contributed by atoms with van der Waals surface area (Å²) >= 11 is 5.68. The van der Waals surface area contributed by atoms with Gasteiger partial charge in [0.1, 0.15) is 0 Å². The van der Waals surface area contributed by atoms with Crippen LogP contribution in [-0.2, 0) is 5.88 Å². The van der Waals surface area contributed by atoms with E-state index >= 15 is 0 Å². The first-order valence-corrected chi connectivity index (χ1v) is 5.47. The van der Waals surface area contributed by atoms with Gasteiger partial charge in [-0.05, 0) is 6.07 Å². The minimum Gasteiger partial charge on any atom is -0.477 e. The van der Waals surface area contributed by atoms with Gasteiger partial charge in [-0.15, -0.1) is 11.6 Å². The molecule has 0 bridgehead atoms. The number of aromatic carboxylic acids is 1. The zero-order valence-corrected chi connectivity index (χ0v) is 9.55. The maximum atomic E-state index is 10.9. The van der Waals surface area contributed by atoms with Crippen molar-refractivity contribution < 1.29 is 9.90 Å².